The first-order valence-electron chi connectivity index (χ1n) is 9.42. The van der Waals surface area contributed by atoms with Gasteiger partial charge in [-0.1, -0.05) is 48.5 Å². The third-order valence-corrected chi connectivity index (χ3v) is 6.64. The van der Waals surface area contributed by atoms with Gasteiger partial charge < -0.3 is 4.74 Å². The standard InChI is InChI=1S/C23H18ClNO3S2/c1-2-13-28-18-7-4-3-6-17(18)25-22(26)20(19-8-5-14-29-19)21(23(25)27)30-16-11-9-15(24)10-12-16/h3-12,14H,2,13H2,1H3. The Morgan fingerprint density at radius 2 is 1.77 bits per heavy atom. The number of nitrogens with zero attached hydrogens (tertiary/aromatic N) is 1. The van der Waals surface area contributed by atoms with E-state index < -0.39 is 0 Å². The third kappa shape index (κ3) is 4.03. The molecule has 0 bridgehead atoms. The molecular weight excluding hydrogens is 438 g/mol. The van der Waals surface area contributed by atoms with E-state index in [1.54, 1.807) is 30.3 Å². The van der Waals surface area contributed by atoms with E-state index in [0.717, 1.165) is 16.2 Å². The zero-order valence-electron chi connectivity index (χ0n) is 16.1. The molecule has 0 aliphatic carbocycles. The zero-order valence-corrected chi connectivity index (χ0v) is 18.5. The van der Waals surface area contributed by atoms with Crippen molar-refractivity contribution in [3.63, 3.8) is 0 Å². The van der Waals surface area contributed by atoms with Crippen molar-refractivity contribution >= 4 is 57.8 Å². The molecule has 1 aromatic heterocycles. The highest BCUT2D eigenvalue weighted by molar-refractivity contribution is 8.04. The number of imide groups is 1. The number of hydrogen-bond acceptors (Lipinski definition) is 5. The molecule has 2 aromatic carbocycles. The maximum atomic E-state index is 13.5. The van der Waals surface area contributed by atoms with Gasteiger partial charge in [0.05, 0.1) is 22.8 Å². The summed E-state index contributed by atoms with van der Waals surface area (Å²) in [6.45, 7) is 2.51. The predicted octanol–water partition coefficient (Wildman–Crippen LogP) is 6.27. The van der Waals surface area contributed by atoms with Crippen LogP contribution in [0.3, 0.4) is 0 Å². The SMILES string of the molecule is CCCOc1ccccc1N1C(=O)C(Sc2ccc(Cl)cc2)=C(c2cccs2)C1=O. The van der Waals surface area contributed by atoms with Crippen molar-refractivity contribution in [3.05, 3.63) is 80.8 Å². The van der Waals surface area contributed by atoms with Crippen molar-refractivity contribution in [2.45, 2.75) is 18.2 Å². The molecule has 0 atom stereocenters. The molecule has 4 nitrogen and oxygen atoms in total. The van der Waals surface area contributed by atoms with Crippen LogP contribution < -0.4 is 9.64 Å². The Labute approximate surface area is 188 Å². The first-order valence-corrected chi connectivity index (χ1v) is 11.5. The van der Waals surface area contributed by atoms with E-state index in [1.165, 1.54) is 28.0 Å². The fourth-order valence-electron chi connectivity index (χ4n) is 3.06. The summed E-state index contributed by atoms with van der Waals surface area (Å²) in [6.07, 6.45) is 0.826. The monoisotopic (exact) mass is 455 g/mol. The van der Waals surface area contributed by atoms with E-state index in [1.807, 2.05) is 42.6 Å². The summed E-state index contributed by atoms with van der Waals surface area (Å²) in [7, 11) is 0. The number of rotatable bonds is 7. The minimum absolute atomic E-state index is 0.341. The molecule has 0 unspecified atom stereocenters. The first kappa shape index (κ1) is 20.7. The Hall–Kier alpha value is -2.54. The Morgan fingerprint density at radius 1 is 1.00 bits per heavy atom. The lowest BCUT2D eigenvalue weighted by Crippen LogP contribution is -2.31. The Balaban J connectivity index is 1.77. The van der Waals surface area contributed by atoms with Crippen LogP contribution in [0.4, 0.5) is 5.69 Å². The van der Waals surface area contributed by atoms with E-state index in [-0.39, 0.29) is 11.8 Å². The van der Waals surface area contributed by atoms with Crippen LogP contribution in [0, 0.1) is 0 Å². The molecule has 0 saturated carbocycles. The fraction of sp³-hybridized carbons (Fsp3) is 0.130. The molecule has 2 heterocycles. The van der Waals surface area contributed by atoms with Gasteiger partial charge in [0.2, 0.25) is 0 Å². The fourth-order valence-corrected chi connectivity index (χ4v) is 5.00. The summed E-state index contributed by atoms with van der Waals surface area (Å²) in [5, 5.41) is 2.51. The smallest absolute Gasteiger partial charge is 0.273 e. The largest absolute Gasteiger partial charge is 0.491 e. The molecular formula is C23H18ClNO3S2. The van der Waals surface area contributed by atoms with Crippen molar-refractivity contribution < 1.29 is 14.3 Å². The van der Waals surface area contributed by atoms with Crippen molar-refractivity contribution in [3.8, 4) is 5.75 Å². The van der Waals surface area contributed by atoms with E-state index in [4.69, 9.17) is 16.3 Å². The van der Waals surface area contributed by atoms with E-state index in [0.29, 0.717) is 33.5 Å². The van der Waals surface area contributed by atoms with Gasteiger partial charge in [-0.25, -0.2) is 4.90 Å². The first-order chi connectivity index (χ1) is 14.6. The van der Waals surface area contributed by atoms with Crippen LogP contribution in [0.1, 0.15) is 18.2 Å². The predicted molar refractivity (Wildman–Crippen MR) is 123 cm³/mol. The van der Waals surface area contributed by atoms with Crippen molar-refractivity contribution in [2.24, 2.45) is 0 Å². The maximum absolute atomic E-state index is 13.5. The number of hydrogen-bond donors (Lipinski definition) is 0. The number of anilines is 1. The summed E-state index contributed by atoms with van der Waals surface area (Å²) in [5.41, 5.74) is 0.877. The van der Waals surface area contributed by atoms with Gasteiger partial charge in [-0.05, 0) is 54.3 Å². The molecule has 1 aliphatic rings. The summed E-state index contributed by atoms with van der Waals surface area (Å²) < 4.78 is 5.80. The van der Waals surface area contributed by atoms with Crippen molar-refractivity contribution in [2.75, 3.05) is 11.5 Å². The minimum Gasteiger partial charge on any atom is -0.491 e. The van der Waals surface area contributed by atoms with Crippen LogP contribution >= 0.6 is 34.7 Å². The highest BCUT2D eigenvalue weighted by Crippen LogP contribution is 2.44. The summed E-state index contributed by atoms with van der Waals surface area (Å²) >= 11 is 8.70. The quantitative estimate of drug-likeness (QED) is 0.394. The molecule has 0 N–H and O–H groups in total. The molecule has 0 spiro atoms. The Morgan fingerprint density at radius 3 is 2.47 bits per heavy atom. The second-order valence-corrected chi connectivity index (χ2v) is 8.97. The van der Waals surface area contributed by atoms with E-state index in [9.17, 15) is 9.59 Å². The summed E-state index contributed by atoms with van der Waals surface area (Å²) in [4.78, 5) is 30.1. The molecule has 1 aliphatic heterocycles. The number of carbonyl (C=O) groups excluding carboxylic acids is 2. The molecule has 0 fully saturated rings. The normalized spacial score (nSPS) is 14.0. The number of para-hydroxylation sites is 2. The van der Waals surface area contributed by atoms with Crippen LogP contribution in [-0.4, -0.2) is 18.4 Å². The lowest BCUT2D eigenvalue weighted by molar-refractivity contribution is -0.119. The van der Waals surface area contributed by atoms with Gasteiger partial charge in [-0.15, -0.1) is 11.3 Å². The van der Waals surface area contributed by atoms with Crippen LogP contribution in [0.25, 0.3) is 5.57 Å². The molecule has 0 radical (unpaired) electrons. The minimum atomic E-state index is -0.351. The number of ether oxygens (including phenoxy) is 1. The van der Waals surface area contributed by atoms with Gasteiger partial charge in [0, 0.05) is 14.8 Å². The number of carbonyl (C=O) groups is 2. The zero-order chi connectivity index (χ0) is 21.1. The molecule has 3 aromatic rings. The van der Waals surface area contributed by atoms with Gasteiger partial charge in [0.1, 0.15) is 5.75 Å². The molecule has 4 rings (SSSR count). The molecule has 152 valence electrons. The second-order valence-electron chi connectivity index (χ2n) is 6.50. The van der Waals surface area contributed by atoms with E-state index in [2.05, 4.69) is 0 Å². The number of amides is 2. The number of thiophene rings is 1. The summed E-state index contributed by atoms with van der Waals surface area (Å²) in [6, 6.07) is 18.1. The Bertz CT molecular complexity index is 1110. The van der Waals surface area contributed by atoms with Crippen LogP contribution in [0.15, 0.2) is 75.8 Å². The molecule has 7 heteroatoms. The molecule has 0 saturated heterocycles. The van der Waals surface area contributed by atoms with E-state index >= 15 is 0 Å². The lowest BCUT2D eigenvalue weighted by Gasteiger charge is -2.19. The van der Waals surface area contributed by atoms with Gasteiger partial charge >= 0.3 is 0 Å². The van der Waals surface area contributed by atoms with Crippen molar-refractivity contribution in [1.29, 1.82) is 0 Å². The maximum Gasteiger partial charge on any atom is 0.273 e. The average Bonchev–Trinajstić information content (AvgIpc) is 3.35. The number of benzene rings is 2. The van der Waals surface area contributed by atoms with Gasteiger partial charge in [-0.3, -0.25) is 9.59 Å². The molecule has 2 amide bonds. The third-order valence-electron chi connectivity index (χ3n) is 4.41. The van der Waals surface area contributed by atoms with Gasteiger partial charge in [0.15, 0.2) is 0 Å². The van der Waals surface area contributed by atoms with Crippen LogP contribution in [0.2, 0.25) is 5.02 Å². The summed E-state index contributed by atoms with van der Waals surface area (Å²) in [5.74, 6) is -0.174. The molecule has 30 heavy (non-hydrogen) atoms. The topological polar surface area (TPSA) is 46.6 Å². The van der Waals surface area contributed by atoms with Crippen LogP contribution in [0.5, 0.6) is 5.75 Å². The highest BCUT2D eigenvalue weighted by Gasteiger charge is 2.42. The highest BCUT2D eigenvalue weighted by atomic mass is 35.5. The number of thioether (sulfide) groups is 1. The van der Waals surface area contributed by atoms with Crippen molar-refractivity contribution in [1.82, 2.24) is 0 Å². The average molecular weight is 456 g/mol. The van der Waals surface area contributed by atoms with Gasteiger partial charge in [-0.2, -0.15) is 0 Å². The number of halogens is 1. The van der Waals surface area contributed by atoms with Crippen LogP contribution in [-0.2, 0) is 9.59 Å². The Kier molecular flexibility index (Phi) is 6.27. The second kappa shape index (κ2) is 9.08. The lowest BCUT2D eigenvalue weighted by atomic mass is 10.2. The van der Waals surface area contributed by atoms with Gasteiger partial charge in [0.25, 0.3) is 11.8 Å².